The van der Waals surface area contributed by atoms with E-state index in [9.17, 15) is 14.4 Å². The molecule has 1 fully saturated rings. The first-order chi connectivity index (χ1) is 33.2. The number of ether oxygens (including phenoxy) is 4. The van der Waals surface area contributed by atoms with E-state index in [-0.39, 0.29) is 41.8 Å². The van der Waals surface area contributed by atoms with Crippen molar-refractivity contribution in [1.82, 2.24) is 4.90 Å². The maximum atomic E-state index is 14.1. The summed E-state index contributed by atoms with van der Waals surface area (Å²) in [4.78, 5) is 57.4. The van der Waals surface area contributed by atoms with Crippen LogP contribution in [0.3, 0.4) is 0 Å². The molecule has 12 nitrogen and oxygen atoms in total. The van der Waals surface area contributed by atoms with E-state index in [0.29, 0.717) is 90.1 Å². The molecule has 12 heteroatoms. The summed E-state index contributed by atoms with van der Waals surface area (Å²) in [5.74, 6) is 1.90. The summed E-state index contributed by atoms with van der Waals surface area (Å²) in [7, 11) is 5.24. The number of aliphatic imine (C=N–C) groups is 2. The molecule has 1 saturated carbocycles. The SMILES string of the molecule is CCC=CC1(C(=O)CCCN(C)C2=CC(COc3cc4c(cc3OC)C(=O)N3c5ccccc5CC3C=N4)=CC(COc3cc4c(cc3OC)C(=O)N3c5ccccc5CC3C=N4)C2)CCCC1. The number of ketones is 1. The van der Waals surface area contributed by atoms with Crippen molar-refractivity contribution >= 4 is 52.8 Å². The molecule has 4 aromatic rings. The number of hydrogen-bond donors (Lipinski definition) is 0. The van der Waals surface area contributed by atoms with Gasteiger partial charge >= 0.3 is 0 Å². The highest BCUT2D eigenvalue weighted by molar-refractivity contribution is 6.16. The van der Waals surface area contributed by atoms with Gasteiger partial charge in [-0.1, -0.05) is 74.4 Å². The Hall–Kier alpha value is -6.95. The van der Waals surface area contributed by atoms with Crippen LogP contribution in [0.4, 0.5) is 22.7 Å². The zero-order valence-corrected chi connectivity index (χ0v) is 39.4. The zero-order chi connectivity index (χ0) is 46.9. The molecular formula is C56H59N5O7. The fourth-order valence-electron chi connectivity index (χ4n) is 10.9. The molecule has 2 aliphatic carbocycles. The number of rotatable bonds is 16. The fraction of sp³-hybridized carbons (Fsp3) is 0.375. The van der Waals surface area contributed by atoms with Gasteiger partial charge in [-0.15, -0.1) is 0 Å². The third-order valence-electron chi connectivity index (χ3n) is 14.5. The normalized spacial score (nSPS) is 20.6. The van der Waals surface area contributed by atoms with E-state index in [1.54, 1.807) is 38.5 Å². The first-order valence-corrected chi connectivity index (χ1v) is 24.1. The van der Waals surface area contributed by atoms with Crippen molar-refractivity contribution in [3.63, 3.8) is 0 Å². The Bertz CT molecular complexity index is 2800. The number of nitrogens with zero attached hydrogens (tertiary/aromatic N) is 5. The van der Waals surface area contributed by atoms with Gasteiger partial charge in [0.25, 0.3) is 11.8 Å². The number of hydrogen-bond acceptors (Lipinski definition) is 10. The molecule has 3 unspecified atom stereocenters. The highest BCUT2D eigenvalue weighted by Gasteiger charge is 2.40. The monoisotopic (exact) mass is 913 g/mol. The molecule has 0 bridgehead atoms. The minimum absolute atomic E-state index is 0.0678. The van der Waals surface area contributed by atoms with Gasteiger partial charge in [-0.3, -0.25) is 34.2 Å². The molecule has 10 rings (SSSR count). The number of fused-ring (bicyclic) bond motifs is 8. The topological polar surface area (TPSA) is 123 Å². The summed E-state index contributed by atoms with van der Waals surface area (Å²) in [6.07, 6.45) is 20.8. The average Bonchev–Trinajstić information content (AvgIpc) is 4.06. The molecule has 3 atom stereocenters. The average molecular weight is 914 g/mol. The third kappa shape index (κ3) is 8.49. The number of para-hydroxylation sites is 2. The number of allylic oxidation sites excluding steroid dienone is 3. The van der Waals surface area contributed by atoms with E-state index in [1.165, 1.54) is 0 Å². The summed E-state index contributed by atoms with van der Waals surface area (Å²) >= 11 is 0. The largest absolute Gasteiger partial charge is 0.493 e. The fourth-order valence-corrected chi connectivity index (χ4v) is 10.9. The van der Waals surface area contributed by atoms with Crippen molar-refractivity contribution in [3.8, 4) is 23.0 Å². The molecule has 4 aromatic carbocycles. The summed E-state index contributed by atoms with van der Waals surface area (Å²) in [5.41, 5.74) is 7.76. The second-order valence-corrected chi connectivity index (χ2v) is 18.8. The summed E-state index contributed by atoms with van der Waals surface area (Å²) in [5, 5.41) is 0. The molecular weight excluding hydrogens is 855 g/mol. The highest BCUT2D eigenvalue weighted by atomic mass is 16.5. The van der Waals surface area contributed by atoms with Crippen LogP contribution in [0.25, 0.3) is 0 Å². The quantitative estimate of drug-likeness (QED) is 0.102. The number of carbonyl (C=O) groups excluding carboxylic acids is 3. The molecule has 350 valence electrons. The standard InChI is InChI=1S/C56H59N5O7/c1-5-6-19-56(20-11-12-21-56)53(62)18-13-22-59(2)40-24-36(34-67-51-30-45-43(28-49(51)65-3)54(63)60-41(32-57-45)26-38-14-7-9-16-47(38)60)23-37(25-40)35-68-52-31-46-44(29-50(52)66-4)55(64)61-42(33-58-46)27-39-15-8-10-17-48(39)61/h6-10,14-17,19,23-24,28-33,37,41-42H,5,11-13,18,20-22,25-27,34-35H2,1-4H3. The summed E-state index contributed by atoms with van der Waals surface area (Å²) in [6.45, 7) is 3.36. The van der Waals surface area contributed by atoms with Gasteiger partial charge in [0.05, 0.1) is 55.4 Å². The van der Waals surface area contributed by atoms with Gasteiger partial charge in [-0.05, 0) is 79.1 Å². The number of Topliss-reactive ketones (excluding diaryl/α,β-unsaturated/α-hetero) is 1. The molecule has 4 heterocycles. The van der Waals surface area contributed by atoms with Crippen LogP contribution in [0, 0.1) is 11.3 Å². The van der Waals surface area contributed by atoms with Crippen LogP contribution >= 0.6 is 0 Å². The van der Waals surface area contributed by atoms with Crippen molar-refractivity contribution < 1.29 is 33.3 Å². The molecule has 0 N–H and O–H groups in total. The maximum absolute atomic E-state index is 14.1. The lowest BCUT2D eigenvalue weighted by Crippen LogP contribution is -2.37. The van der Waals surface area contributed by atoms with Gasteiger partial charge in [0.15, 0.2) is 23.0 Å². The van der Waals surface area contributed by atoms with Gasteiger partial charge in [0, 0.05) is 85.8 Å². The predicted molar refractivity (Wildman–Crippen MR) is 266 cm³/mol. The maximum Gasteiger partial charge on any atom is 0.261 e. The van der Waals surface area contributed by atoms with Gasteiger partial charge in [-0.2, -0.15) is 0 Å². The lowest BCUT2D eigenvalue weighted by Gasteiger charge is -2.30. The first-order valence-electron chi connectivity index (χ1n) is 24.1. The van der Waals surface area contributed by atoms with Crippen LogP contribution in [0.2, 0.25) is 0 Å². The second kappa shape index (κ2) is 19.0. The van der Waals surface area contributed by atoms with Crippen LogP contribution in [0.15, 0.2) is 118 Å². The van der Waals surface area contributed by atoms with E-state index in [2.05, 4.69) is 55.3 Å². The number of anilines is 2. The van der Waals surface area contributed by atoms with E-state index in [4.69, 9.17) is 28.9 Å². The van der Waals surface area contributed by atoms with E-state index in [0.717, 1.165) is 72.3 Å². The number of methoxy groups -OCH3 is 2. The molecule has 2 amide bonds. The molecule has 0 aromatic heterocycles. The Labute approximate surface area is 398 Å². The Morgan fingerprint density at radius 1 is 0.779 bits per heavy atom. The Morgan fingerprint density at radius 3 is 1.93 bits per heavy atom. The predicted octanol–water partition coefficient (Wildman–Crippen LogP) is 10.4. The zero-order valence-electron chi connectivity index (χ0n) is 39.4. The van der Waals surface area contributed by atoms with E-state index in [1.807, 2.05) is 58.6 Å². The number of amides is 2. The number of carbonyl (C=O) groups is 3. The Kier molecular flexibility index (Phi) is 12.5. The minimum atomic E-state index is -0.316. The van der Waals surface area contributed by atoms with Crippen molar-refractivity contribution in [2.24, 2.45) is 21.3 Å². The summed E-state index contributed by atoms with van der Waals surface area (Å²) in [6, 6.07) is 22.7. The van der Waals surface area contributed by atoms with E-state index < -0.39 is 0 Å². The number of benzene rings is 4. The van der Waals surface area contributed by atoms with Gasteiger partial charge < -0.3 is 23.8 Å². The first kappa shape index (κ1) is 44.9. The van der Waals surface area contributed by atoms with E-state index >= 15 is 0 Å². The van der Waals surface area contributed by atoms with Crippen molar-refractivity contribution in [2.45, 2.75) is 83.2 Å². The smallest absolute Gasteiger partial charge is 0.261 e. The van der Waals surface area contributed by atoms with Crippen molar-refractivity contribution in [1.29, 1.82) is 0 Å². The van der Waals surface area contributed by atoms with Gasteiger partial charge in [0.2, 0.25) is 0 Å². The highest BCUT2D eigenvalue weighted by Crippen LogP contribution is 2.44. The van der Waals surface area contributed by atoms with Gasteiger partial charge in [0.1, 0.15) is 12.4 Å². The van der Waals surface area contributed by atoms with Crippen LogP contribution < -0.4 is 28.7 Å². The van der Waals surface area contributed by atoms with Crippen LogP contribution in [0.5, 0.6) is 23.0 Å². The molecule has 6 aliphatic rings. The van der Waals surface area contributed by atoms with Crippen molar-refractivity contribution in [3.05, 3.63) is 131 Å². The lowest BCUT2D eigenvalue weighted by molar-refractivity contribution is -0.126. The molecule has 0 radical (unpaired) electrons. The Balaban J connectivity index is 0.884. The van der Waals surface area contributed by atoms with Crippen LogP contribution in [-0.4, -0.2) is 88.0 Å². The molecule has 4 aliphatic heterocycles. The lowest BCUT2D eigenvalue weighted by atomic mass is 9.79. The van der Waals surface area contributed by atoms with Crippen LogP contribution in [-0.2, 0) is 17.6 Å². The van der Waals surface area contributed by atoms with Gasteiger partial charge in [-0.25, -0.2) is 0 Å². The minimum Gasteiger partial charge on any atom is -0.493 e. The molecule has 0 spiro atoms. The molecule has 68 heavy (non-hydrogen) atoms. The summed E-state index contributed by atoms with van der Waals surface area (Å²) < 4.78 is 24.9. The molecule has 0 saturated heterocycles. The Morgan fingerprint density at radius 2 is 1.35 bits per heavy atom. The van der Waals surface area contributed by atoms with Crippen LogP contribution in [0.1, 0.15) is 90.1 Å². The van der Waals surface area contributed by atoms with Crippen molar-refractivity contribution in [2.75, 3.05) is 50.8 Å². The second-order valence-electron chi connectivity index (χ2n) is 18.8. The third-order valence-corrected chi connectivity index (χ3v) is 14.5.